The maximum absolute atomic E-state index is 12.3. The van der Waals surface area contributed by atoms with Crippen LogP contribution in [0.2, 0.25) is 0 Å². The van der Waals surface area contributed by atoms with E-state index in [2.05, 4.69) is 28.6 Å². The predicted octanol–water partition coefficient (Wildman–Crippen LogP) is 4.12. The lowest BCUT2D eigenvalue weighted by atomic mass is 10.0. The number of nitrogens with one attached hydrogen (secondary N) is 1. The molecular formula is C21H19N3O2. The highest BCUT2D eigenvalue weighted by molar-refractivity contribution is 5.97. The molecule has 1 aromatic heterocycles. The first-order valence-electron chi connectivity index (χ1n) is 8.61. The smallest absolute Gasteiger partial charge is 0.343 e. The number of carbonyl (C=O) groups excluding carboxylic acids is 1. The average molecular weight is 345 g/mol. The van der Waals surface area contributed by atoms with E-state index in [0.717, 1.165) is 16.8 Å². The number of fused-ring (bicyclic) bond motifs is 1. The van der Waals surface area contributed by atoms with Gasteiger partial charge in [0.05, 0.1) is 18.8 Å². The summed E-state index contributed by atoms with van der Waals surface area (Å²) >= 11 is 0. The van der Waals surface area contributed by atoms with Crippen molar-refractivity contribution in [2.24, 2.45) is 0 Å². The van der Waals surface area contributed by atoms with Gasteiger partial charge < -0.3 is 10.1 Å². The summed E-state index contributed by atoms with van der Waals surface area (Å²) in [7, 11) is 0. The average Bonchev–Trinajstić information content (AvgIpc) is 3.13. The van der Waals surface area contributed by atoms with Gasteiger partial charge in [0.1, 0.15) is 11.4 Å². The van der Waals surface area contributed by atoms with E-state index in [4.69, 9.17) is 4.74 Å². The molecule has 0 saturated carbocycles. The number of ether oxygens (including phenoxy) is 1. The Bertz CT molecular complexity index is 946. The molecule has 0 spiro atoms. The molecule has 0 radical (unpaired) electrons. The Kier molecular flexibility index (Phi) is 4.27. The molecule has 0 aliphatic carbocycles. The molecule has 1 aliphatic rings. The van der Waals surface area contributed by atoms with Gasteiger partial charge in [-0.05, 0) is 24.1 Å². The van der Waals surface area contributed by atoms with E-state index in [1.165, 1.54) is 0 Å². The second-order valence-corrected chi connectivity index (χ2v) is 6.00. The van der Waals surface area contributed by atoms with Crippen molar-refractivity contribution in [3.63, 3.8) is 0 Å². The molecule has 4 rings (SSSR count). The predicted molar refractivity (Wildman–Crippen MR) is 101 cm³/mol. The van der Waals surface area contributed by atoms with Crippen LogP contribution in [0.15, 0.2) is 72.9 Å². The zero-order valence-corrected chi connectivity index (χ0v) is 14.4. The van der Waals surface area contributed by atoms with E-state index < -0.39 is 0 Å². The third-order valence-corrected chi connectivity index (χ3v) is 4.36. The Hall–Kier alpha value is -3.34. The van der Waals surface area contributed by atoms with Gasteiger partial charge in [0.25, 0.3) is 0 Å². The monoisotopic (exact) mass is 345 g/mol. The first kappa shape index (κ1) is 16.1. The van der Waals surface area contributed by atoms with Crippen molar-refractivity contribution in [1.82, 2.24) is 9.78 Å². The summed E-state index contributed by atoms with van der Waals surface area (Å²) in [6, 6.07) is 20.1. The lowest BCUT2D eigenvalue weighted by Crippen LogP contribution is -2.21. The number of hydrogen-bond acceptors (Lipinski definition) is 4. The van der Waals surface area contributed by atoms with Crippen molar-refractivity contribution < 1.29 is 9.53 Å². The highest BCUT2D eigenvalue weighted by Gasteiger charge is 2.28. The highest BCUT2D eigenvalue weighted by Crippen LogP contribution is 2.35. The molecule has 0 saturated heterocycles. The van der Waals surface area contributed by atoms with Crippen LogP contribution in [0.5, 0.6) is 0 Å². The van der Waals surface area contributed by atoms with Gasteiger partial charge in [-0.25, -0.2) is 9.48 Å². The second kappa shape index (κ2) is 6.88. The van der Waals surface area contributed by atoms with E-state index in [1.54, 1.807) is 13.1 Å². The van der Waals surface area contributed by atoms with Gasteiger partial charge in [-0.3, -0.25) is 0 Å². The maximum atomic E-state index is 12.3. The summed E-state index contributed by atoms with van der Waals surface area (Å²) in [4.78, 5) is 12.3. The number of allylic oxidation sites excluding steroid dienone is 1. The maximum Gasteiger partial charge on any atom is 0.343 e. The van der Waals surface area contributed by atoms with Gasteiger partial charge in [-0.15, -0.1) is 0 Å². The standard InChI is InChI=1S/C21H19N3O2/c1-2-26-21(25)17-14-22-24-19(16-11-7-4-8-12-16)13-18(23-20(17)24)15-9-5-3-6-10-15/h3-14,19,23H,2H2,1H3. The van der Waals surface area contributed by atoms with Gasteiger partial charge in [0.15, 0.2) is 0 Å². The highest BCUT2D eigenvalue weighted by atomic mass is 16.5. The molecule has 3 aromatic rings. The molecule has 26 heavy (non-hydrogen) atoms. The van der Waals surface area contributed by atoms with Gasteiger partial charge in [-0.2, -0.15) is 5.10 Å². The van der Waals surface area contributed by atoms with E-state index in [9.17, 15) is 4.79 Å². The van der Waals surface area contributed by atoms with Gasteiger partial charge >= 0.3 is 5.97 Å². The first-order valence-corrected chi connectivity index (χ1v) is 8.61. The van der Waals surface area contributed by atoms with Crippen LogP contribution in [0.25, 0.3) is 5.70 Å². The lowest BCUT2D eigenvalue weighted by Gasteiger charge is -2.26. The van der Waals surface area contributed by atoms with Crippen molar-refractivity contribution in [1.29, 1.82) is 0 Å². The summed E-state index contributed by atoms with van der Waals surface area (Å²) in [5, 5.41) is 7.82. The van der Waals surface area contributed by atoms with E-state index in [0.29, 0.717) is 18.0 Å². The van der Waals surface area contributed by atoms with Crippen molar-refractivity contribution >= 4 is 17.5 Å². The van der Waals surface area contributed by atoms with E-state index in [-0.39, 0.29) is 12.0 Å². The molecule has 5 nitrogen and oxygen atoms in total. The fraction of sp³-hybridized carbons (Fsp3) is 0.143. The zero-order valence-electron chi connectivity index (χ0n) is 14.4. The third kappa shape index (κ3) is 2.88. The summed E-state index contributed by atoms with van der Waals surface area (Å²) < 4.78 is 7.01. The minimum absolute atomic E-state index is 0.106. The fourth-order valence-corrected chi connectivity index (χ4v) is 3.13. The lowest BCUT2D eigenvalue weighted by molar-refractivity contribution is 0.0527. The van der Waals surface area contributed by atoms with Crippen LogP contribution in [0.3, 0.4) is 0 Å². The largest absolute Gasteiger partial charge is 0.462 e. The minimum atomic E-state index is -0.373. The SMILES string of the molecule is CCOC(=O)c1cnn2c1NC(c1ccccc1)=CC2c1ccccc1. The van der Waals surface area contributed by atoms with Crippen LogP contribution < -0.4 is 5.32 Å². The number of hydrogen-bond donors (Lipinski definition) is 1. The quantitative estimate of drug-likeness (QED) is 0.723. The van der Waals surface area contributed by atoms with Crippen LogP contribution in [-0.4, -0.2) is 22.4 Å². The molecular weight excluding hydrogens is 326 g/mol. The Morgan fingerprint density at radius 2 is 1.81 bits per heavy atom. The Morgan fingerprint density at radius 3 is 2.50 bits per heavy atom. The fourth-order valence-electron chi connectivity index (χ4n) is 3.13. The summed E-state index contributed by atoms with van der Waals surface area (Å²) in [5.41, 5.74) is 3.53. The summed E-state index contributed by atoms with van der Waals surface area (Å²) in [5.74, 6) is 0.279. The summed E-state index contributed by atoms with van der Waals surface area (Å²) in [6.45, 7) is 2.12. The van der Waals surface area contributed by atoms with Crippen LogP contribution in [0, 0.1) is 0 Å². The topological polar surface area (TPSA) is 56.1 Å². The Balaban J connectivity index is 1.83. The third-order valence-electron chi connectivity index (χ3n) is 4.36. The van der Waals surface area contributed by atoms with Crippen molar-refractivity contribution in [2.45, 2.75) is 13.0 Å². The first-order chi connectivity index (χ1) is 12.8. The molecule has 0 fully saturated rings. The zero-order chi connectivity index (χ0) is 17.9. The van der Waals surface area contributed by atoms with Crippen molar-refractivity contribution in [3.8, 4) is 0 Å². The van der Waals surface area contributed by atoms with Crippen LogP contribution in [-0.2, 0) is 4.74 Å². The number of esters is 1. The number of rotatable bonds is 4. The molecule has 130 valence electrons. The Labute approximate surface area is 151 Å². The van der Waals surface area contributed by atoms with Gasteiger partial charge in [-0.1, -0.05) is 60.7 Å². The number of benzene rings is 2. The molecule has 1 atom stereocenters. The number of aromatic nitrogens is 2. The molecule has 1 unspecified atom stereocenters. The summed E-state index contributed by atoms with van der Waals surface area (Å²) in [6.07, 6.45) is 3.69. The van der Waals surface area contributed by atoms with Crippen molar-refractivity contribution in [2.75, 3.05) is 11.9 Å². The number of anilines is 1. The molecule has 1 aliphatic heterocycles. The normalized spacial score (nSPS) is 15.6. The van der Waals surface area contributed by atoms with Gasteiger partial charge in [0, 0.05) is 5.70 Å². The van der Waals surface area contributed by atoms with Crippen LogP contribution >= 0.6 is 0 Å². The van der Waals surface area contributed by atoms with E-state index >= 15 is 0 Å². The molecule has 2 aromatic carbocycles. The van der Waals surface area contributed by atoms with E-state index in [1.807, 2.05) is 53.2 Å². The number of nitrogens with zero attached hydrogens (tertiary/aromatic N) is 2. The molecule has 1 N–H and O–H groups in total. The molecule has 2 heterocycles. The van der Waals surface area contributed by atoms with Gasteiger partial charge in [0.2, 0.25) is 0 Å². The second-order valence-electron chi connectivity index (χ2n) is 6.00. The van der Waals surface area contributed by atoms with Crippen molar-refractivity contribution in [3.05, 3.63) is 89.6 Å². The molecule has 0 amide bonds. The molecule has 5 heteroatoms. The minimum Gasteiger partial charge on any atom is -0.462 e. The van der Waals surface area contributed by atoms with Crippen LogP contribution in [0.1, 0.15) is 34.5 Å². The molecule has 0 bridgehead atoms. The van der Waals surface area contributed by atoms with Crippen LogP contribution in [0.4, 0.5) is 5.82 Å². The Morgan fingerprint density at radius 1 is 1.12 bits per heavy atom. The number of carbonyl (C=O) groups is 1.